The van der Waals surface area contributed by atoms with Crippen molar-refractivity contribution in [3.8, 4) is 5.75 Å². The van der Waals surface area contributed by atoms with Crippen LogP contribution in [0.2, 0.25) is 0 Å². The number of nitrogens with two attached hydrogens (primary N) is 1. The largest absolute Gasteiger partial charge is 0.492 e. The second-order valence-corrected chi connectivity index (χ2v) is 4.56. The average Bonchev–Trinajstić information content (AvgIpc) is 3.19. The van der Waals surface area contributed by atoms with E-state index >= 15 is 0 Å². The van der Waals surface area contributed by atoms with Crippen molar-refractivity contribution in [1.29, 1.82) is 0 Å². The molecule has 1 fully saturated rings. The Morgan fingerprint density at radius 1 is 1.41 bits per heavy atom. The molecule has 1 aliphatic rings. The fraction of sp³-hybridized carbons (Fsp3) is 0.571. The molecular formula is C14H22N2O. The molecular weight excluding hydrogens is 212 g/mol. The number of nitrogens with zero attached hydrogens (tertiary/aromatic N) is 1. The Morgan fingerprint density at radius 3 is 2.88 bits per heavy atom. The molecule has 0 amide bonds. The molecule has 0 bridgehead atoms. The van der Waals surface area contributed by atoms with E-state index in [0.717, 1.165) is 37.1 Å². The zero-order chi connectivity index (χ0) is 12.1. The molecule has 1 aromatic rings. The molecule has 0 saturated heterocycles. The van der Waals surface area contributed by atoms with Gasteiger partial charge in [0, 0.05) is 19.1 Å². The van der Waals surface area contributed by atoms with Crippen molar-refractivity contribution in [3.05, 3.63) is 29.8 Å². The fourth-order valence-corrected chi connectivity index (χ4v) is 2.08. The SMILES string of the molecule is CCN(CCOc1cccc(CN)c1)C1CC1. The van der Waals surface area contributed by atoms with Crippen LogP contribution in [-0.4, -0.2) is 30.6 Å². The molecule has 17 heavy (non-hydrogen) atoms. The molecule has 0 unspecified atom stereocenters. The Bertz CT molecular complexity index is 350. The van der Waals surface area contributed by atoms with Gasteiger partial charge in [0.2, 0.25) is 0 Å². The van der Waals surface area contributed by atoms with Crippen LogP contribution < -0.4 is 10.5 Å². The number of rotatable bonds is 7. The predicted octanol–water partition coefficient (Wildman–Crippen LogP) is 2.01. The maximum Gasteiger partial charge on any atom is 0.119 e. The third-order valence-corrected chi connectivity index (χ3v) is 3.25. The summed E-state index contributed by atoms with van der Waals surface area (Å²) in [5, 5.41) is 0. The molecule has 0 heterocycles. The highest BCUT2D eigenvalue weighted by atomic mass is 16.5. The summed E-state index contributed by atoms with van der Waals surface area (Å²) in [5.74, 6) is 0.930. The minimum Gasteiger partial charge on any atom is -0.492 e. The highest BCUT2D eigenvalue weighted by Crippen LogP contribution is 2.26. The standard InChI is InChI=1S/C14H22N2O/c1-2-16(13-6-7-13)8-9-17-14-5-3-4-12(10-14)11-15/h3-5,10,13H,2,6-9,11,15H2,1H3. The zero-order valence-corrected chi connectivity index (χ0v) is 10.6. The lowest BCUT2D eigenvalue weighted by Crippen LogP contribution is -2.30. The van der Waals surface area contributed by atoms with Crippen molar-refractivity contribution in [3.63, 3.8) is 0 Å². The first-order valence-electron chi connectivity index (χ1n) is 6.49. The molecule has 0 aromatic heterocycles. The molecule has 1 aromatic carbocycles. The van der Waals surface area contributed by atoms with E-state index < -0.39 is 0 Å². The maximum absolute atomic E-state index is 5.76. The normalized spacial score (nSPS) is 15.2. The summed E-state index contributed by atoms with van der Waals surface area (Å²) in [7, 11) is 0. The minimum atomic E-state index is 0.570. The number of benzene rings is 1. The van der Waals surface area contributed by atoms with Crippen LogP contribution in [-0.2, 0) is 6.54 Å². The molecule has 0 atom stereocenters. The van der Waals surface area contributed by atoms with Gasteiger partial charge in [-0.05, 0) is 37.1 Å². The molecule has 0 aliphatic heterocycles. The minimum absolute atomic E-state index is 0.570. The first-order chi connectivity index (χ1) is 8.33. The van der Waals surface area contributed by atoms with Crippen molar-refractivity contribution in [2.45, 2.75) is 32.4 Å². The fourth-order valence-electron chi connectivity index (χ4n) is 2.08. The molecule has 3 nitrogen and oxygen atoms in total. The first kappa shape index (κ1) is 12.4. The molecule has 1 aliphatic carbocycles. The molecule has 1 saturated carbocycles. The average molecular weight is 234 g/mol. The van der Waals surface area contributed by atoms with Crippen molar-refractivity contribution < 1.29 is 4.74 Å². The Morgan fingerprint density at radius 2 is 2.24 bits per heavy atom. The highest BCUT2D eigenvalue weighted by Gasteiger charge is 2.27. The number of hydrogen-bond acceptors (Lipinski definition) is 3. The third kappa shape index (κ3) is 3.72. The molecule has 0 radical (unpaired) electrons. The Kier molecular flexibility index (Phi) is 4.40. The lowest BCUT2D eigenvalue weighted by molar-refractivity contribution is 0.209. The van der Waals surface area contributed by atoms with Gasteiger partial charge in [-0.25, -0.2) is 0 Å². The highest BCUT2D eigenvalue weighted by molar-refractivity contribution is 5.28. The second-order valence-electron chi connectivity index (χ2n) is 4.56. The van der Waals surface area contributed by atoms with Crippen molar-refractivity contribution in [1.82, 2.24) is 4.90 Å². The van der Waals surface area contributed by atoms with E-state index in [1.807, 2.05) is 24.3 Å². The van der Waals surface area contributed by atoms with Crippen molar-refractivity contribution in [2.75, 3.05) is 19.7 Å². The molecule has 2 N–H and O–H groups in total. The van der Waals surface area contributed by atoms with Gasteiger partial charge in [0.1, 0.15) is 12.4 Å². The number of ether oxygens (including phenoxy) is 1. The van der Waals surface area contributed by atoms with Gasteiger partial charge in [-0.1, -0.05) is 19.1 Å². The predicted molar refractivity (Wildman–Crippen MR) is 70.1 cm³/mol. The number of hydrogen-bond donors (Lipinski definition) is 1. The van der Waals surface area contributed by atoms with Gasteiger partial charge in [0.05, 0.1) is 0 Å². The molecule has 0 spiro atoms. The van der Waals surface area contributed by atoms with Gasteiger partial charge >= 0.3 is 0 Å². The summed E-state index contributed by atoms with van der Waals surface area (Å²) in [6.07, 6.45) is 2.72. The van der Waals surface area contributed by atoms with E-state index in [0.29, 0.717) is 6.54 Å². The Hall–Kier alpha value is -1.06. The van der Waals surface area contributed by atoms with Gasteiger partial charge < -0.3 is 10.5 Å². The summed E-state index contributed by atoms with van der Waals surface area (Å²) in [6.45, 7) is 5.69. The summed E-state index contributed by atoms with van der Waals surface area (Å²) in [4.78, 5) is 2.49. The van der Waals surface area contributed by atoms with Crippen LogP contribution in [0.4, 0.5) is 0 Å². The van der Waals surface area contributed by atoms with E-state index in [2.05, 4.69) is 11.8 Å². The van der Waals surface area contributed by atoms with Crippen LogP contribution in [0.5, 0.6) is 5.75 Å². The Labute approximate surface area is 104 Å². The lowest BCUT2D eigenvalue weighted by Gasteiger charge is -2.19. The quantitative estimate of drug-likeness (QED) is 0.784. The topological polar surface area (TPSA) is 38.5 Å². The van der Waals surface area contributed by atoms with Crippen LogP contribution >= 0.6 is 0 Å². The summed E-state index contributed by atoms with van der Waals surface area (Å²) >= 11 is 0. The van der Waals surface area contributed by atoms with Gasteiger partial charge in [0.15, 0.2) is 0 Å². The first-order valence-corrected chi connectivity index (χ1v) is 6.49. The van der Waals surface area contributed by atoms with E-state index in [1.54, 1.807) is 0 Å². The third-order valence-electron chi connectivity index (χ3n) is 3.25. The van der Waals surface area contributed by atoms with Gasteiger partial charge in [-0.15, -0.1) is 0 Å². The van der Waals surface area contributed by atoms with E-state index in [-0.39, 0.29) is 0 Å². The molecule has 3 heteroatoms. The van der Waals surface area contributed by atoms with Crippen molar-refractivity contribution in [2.24, 2.45) is 5.73 Å². The lowest BCUT2D eigenvalue weighted by atomic mass is 10.2. The van der Waals surface area contributed by atoms with Crippen LogP contribution in [0.3, 0.4) is 0 Å². The maximum atomic E-state index is 5.76. The van der Waals surface area contributed by atoms with Crippen LogP contribution in [0, 0.1) is 0 Å². The van der Waals surface area contributed by atoms with Gasteiger partial charge in [0.25, 0.3) is 0 Å². The second kappa shape index (κ2) is 6.03. The summed E-state index contributed by atoms with van der Waals surface area (Å²) < 4.78 is 5.76. The van der Waals surface area contributed by atoms with Gasteiger partial charge in [-0.2, -0.15) is 0 Å². The van der Waals surface area contributed by atoms with E-state index in [1.165, 1.54) is 12.8 Å². The number of likely N-dealkylation sites (N-methyl/N-ethyl adjacent to an activating group) is 1. The molecule has 2 rings (SSSR count). The summed E-state index contributed by atoms with van der Waals surface area (Å²) in [5.41, 5.74) is 6.72. The van der Waals surface area contributed by atoms with Crippen LogP contribution in [0.15, 0.2) is 24.3 Å². The van der Waals surface area contributed by atoms with Crippen molar-refractivity contribution >= 4 is 0 Å². The summed E-state index contributed by atoms with van der Waals surface area (Å²) in [6, 6.07) is 8.85. The van der Waals surface area contributed by atoms with Crippen LogP contribution in [0.1, 0.15) is 25.3 Å². The van der Waals surface area contributed by atoms with E-state index in [4.69, 9.17) is 10.5 Å². The van der Waals surface area contributed by atoms with E-state index in [9.17, 15) is 0 Å². The zero-order valence-electron chi connectivity index (χ0n) is 10.6. The Balaban J connectivity index is 1.76. The van der Waals surface area contributed by atoms with Crippen LogP contribution in [0.25, 0.3) is 0 Å². The monoisotopic (exact) mass is 234 g/mol. The van der Waals surface area contributed by atoms with Gasteiger partial charge in [-0.3, -0.25) is 4.90 Å². The smallest absolute Gasteiger partial charge is 0.119 e. The molecule has 94 valence electrons.